The van der Waals surface area contributed by atoms with E-state index in [1.54, 1.807) is 4.90 Å². The van der Waals surface area contributed by atoms with Gasteiger partial charge < -0.3 is 15.1 Å². The molecular formula is C17H21ClN4O3. The number of hydrogen-bond acceptors (Lipinski definition) is 5. The Hall–Kier alpha value is -2.12. The van der Waals surface area contributed by atoms with E-state index in [9.17, 15) is 14.4 Å². The quantitative estimate of drug-likeness (QED) is 0.737. The summed E-state index contributed by atoms with van der Waals surface area (Å²) in [5, 5.41) is 5.65. The Morgan fingerprint density at radius 3 is 2.56 bits per heavy atom. The number of carbonyl (C=O) groups excluding carboxylic acids is 3. The second kappa shape index (κ2) is 7.01. The van der Waals surface area contributed by atoms with E-state index in [0.29, 0.717) is 18.5 Å². The van der Waals surface area contributed by atoms with Crippen molar-refractivity contribution in [2.45, 2.75) is 25.4 Å². The third-order valence-electron chi connectivity index (χ3n) is 4.99. The largest absolute Gasteiger partial charge is 0.369 e. The number of imide groups is 1. The van der Waals surface area contributed by atoms with Crippen LogP contribution in [-0.2, 0) is 16.1 Å². The number of rotatable bonds is 2. The first-order valence-electron chi connectivity index (χ1n) is 8.37. The Bertz CT molecular complexity index is 718. The number of piperidine rings is 1. The van der Waals surface area contributed by atoms with E-state index < -0.39 is 6.04 Å². The summed E-state index contributed by atoms with van der Waals surface area (Å²) in [6.07, 6.45) is 0.678. The van der Waals surface area contributed by atoms with Crippen LogP contribution in [0.3, 0.4) is 0 Å². The molecule has 1 atom stereocenters. The van der Waals surface area contributed by atoms with Crippen LogP contribution in [0.4, 0.5) is 5.69 Å². The zero-order valence-electron chi connectivity index (χ0n) is 13.8. The van der Waals surface area contributed by atoms with Gasteiger partial charge in [-0.05, 0) is 24.1 Å². The van der Waals surface area contributed by atoms with Crippen LogP contribution in [0.15, 0.2) is 18.2 Å². The van der Waals surface area contributed by atoms with Crippen LogP contribution in [0.2, 0.25) is 0 Å². The Morgan fingerprint density at radius 1 is 1.08 bits per heavy atom. The SMILES string of the molecule is Cl.O=C1CCC(N2Cc3ccc(N4CCNCC4)cc3C2=O)C(=O)N1. The van der Waals surface area contributed by atoms with E-state index in [1.165, 1.54) is 0 Å². The van der Waals surface area contributed by atoms with Crippen LogP contribution in [0.5, 0.6) is 0 Å². The smallest absolute Gasteiger partial charge is 0.255 e. The Kier molecular flexibility index (Phi) is 4.96. The molecule has 4 rings (SSSR count). The van der Waals surface area contributed by atoms with Gasteiger partial charge in [-0.25, -0.2) is 0 Å². The number of carbonyl (C=O) groups is 3. The van der Waals surface area contributed by atoms with Gasteiger partial charge in [-0.3, -0.25) is 19.7 Å². The average Bonchev–Trinajstić information content (AvgIpc) is 2.92. The molecule has 7 nitrogen and oxygen atoms in total. The van der Waals surface area contributed by atoms with Crippen molar-refractivity contribution in [2.75, 3.05) is 31.1 Å². The maximum atomic E-state index is 12.8. The summed E-state index contributed by atoms with van der Waals surface area (Å²) in [5.74, 6) is -0.743. The number of nitrogens with zero attached hydrogens (tertiary/aromatic N) is 2. The van der Waals surface area contributed by atoms with Crippen molar-refractivity contribution in [2.24, 2.45) is 0 Å². The molecule has 0 aromatic heterocycles. The van der Waals surface area contributed by atoms with Crippen molar-refractivity contribution in [3.63, 3.8) is 0 Å². The normalized spacial score (nSPS) is 23.2. The van der Waals surface area contributed by atoms with Crippen molar-refractivity contribution in [3.05, 3.63) is 29.3 Å². The first-order valence-corrected chi connectivity index (χ1v) is 8.37. The summed E-state index contributed by atoms with van der Waals surface area (Å²) < 4.78 is 0. The summed E-state index contributed by atoms with van der Waals surface area (Å²) in [5.41, 5.74) is 2.67. The summed E-state index contributed by atoms with van der Waals surface area (Å²) in [4.78, 5) is 40.0. The first-order chi connectivity index (χ1) is 11.6. The highest BCUT2D eigenvalue weighted by Gasteiger charge is 2.39. The van der Waals surface area contributed by atoms with Gasteiger partial charge in [-0.1, -0.05) is 6.07 Å². The molecule has 3 heterocycles. The second-order valence-electron chi connectivity index (χ2n) is 6.48. The highest BCUT2D eigenvalue weighted by molar-refractivity contribution is 6.05. The molecule has 3 aliphatic heterocycles. The van der Waals surface area contributed by atoms with Gasteiger partial charge in [0.05, 0.1) is 0 Å². The molecule has 8 heteroatoms. The van der Waals surface area contributed by atoms with Gasteiger partial charge in [-0.2, -0.15) is 0 Å². The van der Waals surface area contributed by atoms with Crippen LogP contribution in [0.25, 0.3) is 0 Å². The molecule has 1 unspecified atom stereocenters. The fourth-order valence-corrected chi connectivity index (χ4v) is 3.66. The number of halogens is 1. The van der Waals surface area contributed by atoms with Crippen molar-refractivity contribution < 1.29 is 14.4 Å². The summed E-state index contributed by atoms with van der Waals surface area (Å²) >= 11 is 0. The van der Waals surface area contributed by atoms with Gasteiger partial charge in [0.2, 0.25) is 11.8 Å². The molecule has 1 aromatic carbocycles. The average molecular weight is 365 g/mol. The number of hydrogen-bond donors (Lipinski definition) is 2. The number of piperazine rings is 1. The molecule has 0 spiro atoms. The van der Waals surface area contributed by atoms with Crippen molar-refractivity contribution >= 4 is 35.8 Å². The van der Waals surface area contributed by atoms with Crippen molar-refractivity contribution in [1.82, 2.24) is 15.5 Å². The van der Waals surface area contributed by atoms with Crippen LogP contribution >= 0.6 is 12.4 Å². The zero-order chi connectivity index (χ0) is 16.7. The molecular weight excluding hydrogens is 344 g/mol. The fraction of sp³-hybridized carbons (Fsp3) is 0.471. The van der Waals surface area contributed by atoms with E-state index >= 15 is 0 Å². The molecule has 3 amide bonds. The van der Waals surface area contributed by atoms with E-state index in [1.807, 2.05) is 18.2 Å². The van der Waals surface area contributed by atoms with Crippen molar-refractivity contribution in [3.8, 4) is 0 Å². The molecule has 3 aliphatic rings. The maximum absolute atomic E-state index is 12.8. The molecule has 1 aromatic rings. The van der Waals surface area contributed by atoms with E-state index in [2.05, 4.69) is 15.5 Å². The first kappa shape index (κ1) is 17.7. The van der Waals surface area contributed by atoms with Gasteiger partial charge >= 0.3 is 0 Å². The summed E-state index contributed by atoms with van der Waals surface area (Å²) in [7, 11) is 0. The maximum Gasteiger partial charge on any atom is 0.255 e. The molecule has 0 bridgehead atoms. The number of anilines is 1. The highest BCUT2D eigenvalue weighted by Crippen LogP contribution is 2.30. The van der Waals surface area contributed by atoms with Gasteiger partial charge in [0.15, 0.2) is 0 Å². The van der Waals surface area contributed by atoms with Crippen LogP contribution in [0, 0.1) is 0 Å². The lowest BCUT2D eigenvalue weighted by Gasteiger charge is -2.30. The molecule has 0 aliphatic carbocycles. The molecule has 134 valence electrons. The molecule has 0 radical (unpaired) electrons. The van der Waals surface area contributed by atoms with Gasteiger partial charge in [0.25, 0.3) is 5.91 Å². The van der Waals surface area contributed by atoms with Gasteiger partial charge in [0, 0.05) is 50.4 Å². The van der Waals surface area contributed by atoms with Crippen LogP contribution in [-0.4, -0.2) is 54.8 Å². The standard InChI is InChI=1S/C17H20N4O3.ClH/c22-15-4-3-14(16(23)19-15)21-10-11-1-2-12(9-13(11)17(21)24)20-7-5-18-6-8-20;/h1-2,9,14,18H,3-8,10H2,(H,19,22,23);1H. The predicted octanol–water partition coefficient (Wildman–Crippen LogP) is 0.279. The third kappa shape index (κ3) is 3.21. The summed E-state index contributed by atoms with van der Waals surface area (Å²) in [6, 6.07) is 5.42. The lowest BCUT2D eigenvalue weighted by molar-refractivity contribution is -0.136. The molecule has 2 fully saturated rings. The summed E-state index contributed by atoms with van der Waals surface area (Å²) in [6.45, 7) is 4.15. The lowest BCUT2D eigenvalue weighted by atomic mass is 10.0. The van der Waals surface area contributed by atoms with Crippen LogP contribution < -0.4 is 15.5 Å². The minimum absolute atomic E-state index is 0. The minimum Gasteiger partial charge on any atom is -0.369 e. The number of nitrogens with one attached hydrogen (secondary N) is 2. The fourth-order valence-electron chi connectivity index (χ4n) is 3.66. The Balaban J connectivity index is 0.00000182. The van der Waals surface area contributed by atoms with Crippen LogP contribution in [0.1, 0.15) is 28.8 Å². The molecule has 25 heavy (non-hydrogen) atoms. The predicted molar refractivity (Wildman–Crippen MR) is 94.8 cm³/mol. The van der Waals surface area contributed by atoms with E-state index in [-0.39, 0.29) is 36.5 Å². The van der Waals surface area contributed by atoms with Gasteiger partial charge in [0.1, 0.15) is 6.04 Å². The molecule has 2 N–H and O–H groups in total. The third-order valence-corrected chi connectivity index (χ3v) is 4.99. The van der Waals surface area contributed by atoms with E-state index in [4.69, 9.17) is 0 Å². The van der Waals surface area contributed by atoms with Gasteiger partial charge in [-0.15, -0.1) is 12.4 Å². The number of fused-ring (bicyclic) bond motifs is 1. The number of benzene rings is 1. The lowest BCUT2D eigenvalue weighted by Crippen LogP contribution is -2.52. The number of amides is 3. The van der Waals surface area contributed by atoms with Crippen molar-refractivity contribution in [1.29, 1.82) is 0 Å². The monoisotopic (exact) mass is 364 g/mol. The highest BCUT2D eigenvalue weighted by atomic mass is 35.5. The van der Waals surface area contributed by atoms with E-state index in [0.717, 1.165) is 37.4 Å². The Labute approximate surface area is 152 Å². The zero-order valence-corrected chi connectivity index (χ0v) is 14.6. The minimum atomic E-state index is -0.551. The molecule has 2 saturated heterocycles. The Morgan fingerprint density at radius 2 is 1.84 bits per heavy atom. The molecule has 0 saturated carbocycles. The topological polar surface area (TPSA) is 81.8 Å². The second-order valence-corrected chi connectivity index (χ2v) is 6.48.